The van der Waals surface area contributed by atoms with Crippen LogP contribution in [0, 0.1) is 11.3 Å². The molecule has 1 aliphatic heterocycles. The molecule has 0 bridgehead atoms. The number of aromatic hydroxyl groups is 2. The Morgan fingerprint density at radius 1 is 0.963 bits per heavy atom. The number of thiocarbonyl (C=S) groups is 1. The molecule has 0 radical (unpaired) electrons. The number of aromatic nitrogens is 3. The molecule has 0 aliphatic carbocycles. The number of carbonyl (C=O) groups is 1. The maximum absolute atomic E-state index is 13.7. The van der Waals surface area contributed by atoms with Crippen LogP contribution in [0.5, 0.6) is 17.2 Å². The number of amides is 1. The Labute approximate surface area is 309 Å². The molecule has 2 N–H and O–H groups in total. The number of hydrogen-bond acceptors (Lipinski definition) is 10. The third-order valence-corrected chi connectivity index (χ3v) is 9.28. The molecule has 12 nitrogen and oxygen atoms in total. The topological polar surface area (TPSA) is 158 Å². The van der Waals surface area contributed by atoms with Crippen LogP contribution in [0.25, 0.3) is 33.4 Å². The molecule has 0 atom stereocenters. The highest BCUT2D eigenvalue weighted by Gasteiger charge is 2.50. The summed E-state index contributed by atoms with van der Waals surface area (Å²) in [6.45, 7) is 3.62. The van der Waals surface area contributed by atoms with Gasteiger partial charge in [-0.05, 0) is 74.1 Å². The highest BCUT2D eigenvalue weighted by atomic mass is 32.1. The predicted molar refractivity (Wildman–Crippen MR) is 195 cm³/mol. The van der Waals surface area contributed by atoms with E-state index in [1.807, 2.05) is 0 Å². The summed E-state index contributed by atoms with van der Waals surface area (Å²) in [7, 11) is 0. The van der Waals surface area contributed by atoms with Crippen molar-refractivity contribution in [3.05, 3.63) is 113 Å². The molecule has 2 aromatic heterocycles. The number of phenols is 2. The van der Waals surface area contributed by atoms with Gasteiger partial charge in [0.25, 0.3) is 5.91 Å². The zero-order valence-electron chi connectivity index (χ0n) is 28.3. The number of nitrogens with zero attached hydrogens (tertiary/aromatic N) is 6. The number of benzene rings is 4. The molecule has 1 saturated heterocycles. The molecule has 1 fully saturated rings. The molecule has 6 aromatic rings. The number of anilines is 2. The number of hydrogen-bond donors (Lipinski definition) is 2. The van der Waals surface area contributed by atoms with Crippen LogP contribution in [0.3, 0.4) is 0 Å². The van der Waals surface area contributed by atoms with Gasteiger partial charge in [-0.3, -0.25) is 14.5 Å². The maximum atomic E-state index is 13.7. The van der Waals surface area contributed by atoms with Gasteiger partial charge in [-0.15, -0.1) is 5.10 Å². The summed E-state index contributed by atoms with van der Waals surface area (Å²) in [5, 5.41) is 37.7. The van der Waals surface area contributed by atoms with Gasteiger partial charge >= 0.3 is 6.18 Å². The van der Waals surface area contributed by atoms with Crippen molar-refractivity contribution in [2.75, 3.05) is 16.4 Å². The number of fused-ring (bicyclic) bond motifs is 1. The van der Waals surface area contributed by atoms with E-state index in [1.54, 1.807) is 66.0 Å². The third kappa shape index (κ3) is 6.34. The number of rotatable bonds is 8. The Hall–Kier alpha value is -6.73. The van der Waals surface area contributed by atoms with Crippen molar-refractivity contribution in [1.82, 2.24) is 15.0 Å². The average molecular weight is 753 g/mol. The van der Waals surface area contributed by atoms with E-state index < -0.39 is 34.2 Å². The fourth-order valence-electron chi connectivity index (χ4n) is 6.17. The molecule has 1 amide bonds. The number of phenolic OH excluding ortho intramolecular Hbond substituents is 2. The molecule has 4 aromatic carbocycles. The molecular weight excluding hydrogens is 726 g/mol. The molecule has 0 unspecified atom stereocenters. The van der Waals surface area contributed by atoms with E-state index in [2.05, 4.69) is 10.3 Å². The van der Waals surface area contributed by atoms with Gasteiger partial charge in [0.1, 0.15) is 52.3 Å². The molecule has 1 aliphatic rings. The molecule has 54 heavy (non-hydrogen) atoms. The van der Waals surface area contributed by atoms with Crippen molar-refractivity contribution in [2.45, 2.75) is 32.1 Å². The molecule has 0 saturated carbocycles. The third-order valence-electron chi connectivity index (χ3n) is 8.91. The van der Waals surface area contributed by atoms with E-state index >= 15 is 0 Å². The monoisotopic (exact) mass is 752 g/mol. The zero-order chi connectivity index (χ0) is 38.5. The van der Waals surface area contributed by atoms with Gasteiger partial charge in [0, 0.05) is 23.4 Å². The van der Waals surface area contributed by atoms with Crippen molar-refractivity contribution < 1.29 is 37.3 Å². The Morgan fingerprint density at radius 2 is 1.65 bits per heavy atom. The molecule has 3 heterocycles. The minimum absolute atomic E-state index is 0.00951. The van der Waals surface area contributed by atoms with E-state index in [9.17, 15) is 38.2 Å². The standard InChI is InChI=1S/C38H27F3N6O6S/c1-37(2)35(51)46(25-10-5-23(18-42)29(15-25)38(39,40)41)36(54)47(37)24-8-3-22(4-9-24)30-19-45(44-43-30)13-14-52-27-16-31(49)33-32(17-27)53-20-28(34(33)50)21-6-11-26(48)12-7-21/h3-12,15-17,19-20,48-49H,13-14H2,1-2H3. The normalized spacial score (nSPS) is 14.1. The lowest BCUT2D eigenvalue weighted by Crippen LogP contribution is -2.44. The van der Waals surface area contributed by atoms with Crippen molar-refractivity contribution in [2.24, 2.45) is 0 Å². The number of carbonyl (C=O) groups excluding carboxylic acids is 1. The SMILES string of the molecule is CC1(C)C(=O)N(c2ccc(C#N)c(C(F)(F)F)c2)C(=S)N1c1ccc(-c2cn(CCOc3cc(O)c4c(=O)c(-c5ccc(O)cc5)coc4c3)nn2)cc1. The summed E-state index contributed by atoms with van der Waals surface area (Å²) >= 11 is 5.63. The second-order valence-corrected chi connectivity index (χ2v) is 13.1. The van der Waals surface area contributed by atoms with Crippen molar-refractivity contribution in [1.29, 1.82) is 5.26 Å². The predicted octanol–water partition coefficient (Wildman–Crippen LogP) is 7.02. The summed E-state index contributed by atoms with van der Waals surface area (Å²) in [6, 6.07) is 20.3. The van der Waals surface area contributed by atoms with Gasteiger partial charge in [0.05, 0.1) is 41.2 Å². The zero-order valence-corrected chi connectivity index (χ0v) is 29.1. The highest BCUT2D eigenvalue weighted by molar-refractivity contribution is 7.81. The lowest BCUT2D eigenvalue weighted by Gasteiger charge is -2.29. The minimum atomic E-state index is -4.81. The first-order valence-corrected chi connectivity index (χ1v) is 16.6. The van der Waals surface area contributed by atoms with Crippen molar-refractivity contribution in [3.8, 4) is 45.7 Å². The summed E-state index contributed by atoms with van der Waals surface area (Å²) in [6.07, 6.45) is -1.83. The van der Waals surface area contributed by atoms with Crippen molar-refractivity contribution in [3.63, 3.8) is 0 Å². The fourth-order valence-corrected chi connectivity index (χ4v) is 6.69. The largest absolute Gasteiger partial charge is 0.508 e. The lowest BCUT2D eigenvalue weighted by molar-refractivity contribution is -0.137. The van der Waals surface area contributed by atoms with Crippen molar-refractivity contribution >= 4 is 45.6 Å². The Kier molecular flexibility index (Phi) is 8.82. The summed E-state index contributed by atoms with van der Waals surface area (Å²) in [5.74, 6) is -0.547. The van der Waals surface area contributed by atoms with Gasteiger partial charge in [-0.1, -0.05) is 29.5 Å². The second kappa shape index (κ2) is 13.4. The lowest BCUT2D eigenvalue weighted by atomic mass is 10.0. The van der Waals surface area contributed by atoms with Gasteiger partial charge in [-0.2, -0.15) is 18.4 Å². The van der Waals surface area contributed by atoms with Gasteiger partial charge in [-0.25, -0.2) is 4.68 Å². The quantitative estimate of drug-likeness (QED) is 0.154. The molecule has 7 rings (SSSR count). The van der Waals surface area contributed by atoms with Gasteiger partial charge in [0.2, 0.25) is 5.43 Å². The molecule has 0 spiro atoms. The van der Waals surface area contributed by atoms with Crippen LogP contribution in [0.4, 0.5) is 24.5 Å². The Balaban J connectivity index is 1.03. The second-order valence-electron chi connectivity index (χ2n) is 12.8. The Bertz CT molecular complexity index is 2560. The van der Waals surface area contributed by atoms with Crippen LogP contribution < -0.4 is 20.0 Å². The molecular formula is C38H27F3N6O6S. The van der Waals surface area contributed by atoms with Crippen LogP contribution in [-0.2, 0) is 17.5 Å². The first kappa shape index (κ1) is 35.7. The summed E-state index contributed by atoms with van der Waals surface area (Å²) in [4.78, 5) is 29.3. The number of alkyl halides is 3. The van der Waals surface area contributed by atoms with Crippen LogP contribution in [0.2, 0.25) is 0 Å². The van der Waals surface area contributed by atoms with E-state index in [0.29, 0.717) is 22.5 Å². The average Bonchev–Trinajstić information content (AvgIpc) is 3.67. The maximum Gasteiger partial charge on any atom is 0.417 e. The van der Waals surface area contributed by atoms with Crippen LogP contribution in [0.1, 0.15) is 25.0 Å². The molecule has 16 heteroatoms. The van der Waals surface area contributed by atoms with Gasteiger partial charge < -0.3 is 24.3 Å². The van der Waals surface area contributed by atoms with Crippen LogP contribution >= 0.6 is 12.2 Å². The van der Waals surface area contributed by atoms with Crippen LogP contribution in [0.15, 0.2) is 101 Å². The first-order chi connectivity index (χ1) is 25.7. The van der Waals surface area contributed by atoms with E-state index in [0.717, 1.165) is 17.0 Å². The van der Waals surface area contributed by atoms with E-state index in [4.69, 9.17) is 21.4 Å². The highest BCUT2D eigenvalue weighted by Crippen LogP contribution is 2.40. The van der Waals surface area contributed by atoms with E-state index in [-0.39, 0.29) is 57.7 Å². The minimum Gasteiger partial charge on any atom is -0.508 e. The van der Waals surface area contributed by atoms with Gasteiger partial charge in [0.15, 0.2) is 5.11 Å². The smallest absolute Gasteiger partial charge is 0.417 e. The summed E-state index contributed by atoms with van der Waals surface area (Å²) < 4.78 is 54.1. The summed E-state index contributed by atoms with van der Waals surface area (Å²) in [5.41, 5.74) is -0.942. The number of nitriles is 1. The first-order valence-electron chi connectivity index (χ1n) is 16.2. The number of ether oxygens (including phenoxy) is 1. The fraction of sp³-hybridized carbons (Fsp3) is 0.158. The molecule has 272 valence electrons. The number of halogens is 3. The Morgan fingerprint density at radius 3 is 2.33 bits per heavy atom. The van der Waals surface area contributed by atoms with Crippen LogP contribution in [-0.4, -0.2) is 48.4 Å². The van der Waals surface area contributed by atoms with E-state index in [1.165, 1.54) is 42.7 Å².